The highest BCUT2D eigenvalue weighted by Crippen LogP contribution is 2.29. The Balaban J connectivity index is 1.89. The van der Waals surface area contributed by atoms with Crippen LogP contribution in [0.1, 0.15) is 5.56 Å². The number of nitrogens with zero attached hydrogens (tertiary/aromatic N) is 1. The first-order valence-corrected chi connectivity index (χ1v) is 6.09. The van der Waals surface area contributed by atoms with Crippen molar-refractivity contribution in [3.63, 3.8) is 0 Å². The molecule has 0 amide bonds. The van der Waals surface area contributed by atoms with E-state index < -0.39 is 0 Å². The van der Waals surface area contributed by atoms with E-state index in [0.717, 1.165) is 17.7 Å². The molecule has 0 radical (unpaired) electrons. The van der Waals surface area contributed by atoms with Crippen LogP contribution in [0.4, 0.5) is 0 Å². The molecule has 18 heavy (non-hydrogen) atoms. The van der Waals surface area contributed by atoms with Crippen molar-refractivity contribution in [2.75, 3.05) is 6.54 Å². The second-order valence-electron chi connectivity index (χ2n) is 4.69. The van der Waals surface area contributed by atoms with Crippen LogP contribution in [0.15, 0.2) is 46.6 Å². The molecule has 3 N–H and O–H groups in total. The molecule has 2 heterocycles. The average molecular weight is 241 g/mol. The maximum Gasteiger partial charge on any atom is 0.182 e. The SMILES string of the molecule is NC1NC2=C(C(=O)CN=C2)C1Cc1ccccc1. The van der Waals surface area contributed by atoms with Crippen LogP contribution in [-0.4, -0.2) is 24.7 Å². The van der Waals surface area contributed by atoms with E-state index >= 15 is 0 Å². The van der Waals surface area contributed by atoms with Crippen molar-refractivity contribution in [1.82, 2.24) is 5.32 Å². The van der Waals surface area contributed by atoms with Gasteiger partial charge in [0.05, 0.1) is 11.9 Å². The molecule has 1 aromatic rings. The minimum atomic E-state index is -0.205. The molecule has 2 atom stereocenters. The van der Waals surface area contributed by atoms with Crippen molar-refractivity contribution in [3.8, 4) is 0 Å². The standard InChI is InChI=1S/C14H15N3O/c15-14-10(6-9-4-2-1-3-5-9)13-11(17-14)7-16-8-12(13)18/h1-5,7,10,14,17H,6,8,15H2. The van der Waals surface area contributed by atoms with Gasteiger partial charge in [-0.1, -0.05) is 30.3 Å². The van der Waals surface area contributed by atoms with Gasteiger partial charge in [-0.05, 0) is 12.0 Å². The predicted molar refractivity (Wildman–Crippen MR) is 70.1 cm³/mol. The molecule has 4 heteroatoms. The number of hydrogen-bond acceptors (Lipinski definition) is 4. The van der Waals surface area contributed by atoms with E-state index in [0.29, 0.717) is 0 Å². The first-order chi connectivity index (χ1) is 8.75. The zero-order valence-electron chi connectivity index (χ0n) is 9.97. The van der Waals surface area contributed by atoms with E-state index in [2.05, 4.69) is 22.4 Å². The van der Waals surface area contributed by atoms with Gasteiger partial charge in [-0.2, -0.15) is 0 Å². The van der Waals surface area contributed by atoms with E-state index in [9.17, 15) is 4.79 Å². The number of ketones is 1. The normalized spacial score (nSPS) is 26.2. The van der Waals surface area contributed by atoms with Gasteiger partial charge in [-0.3, -0.25) is 9.79 Å². The maximum absolute atomic E-state index is 12.0. The van der Waals surface area contributed by atoms with Crippen LogP contribution in [0.3, 0.4) is 0 Å². The fraction of sp³-hybridized carbons (Fsp3) is 0.286. The largest absolute Gasteiger partial charge is 0.368 e. The molecule has 0 fully saturated rings. The molecule has 2 aliphatic rings. The smallest absolute Gasteiger partial charge is 0.182 e. The molecule has 0 aliphatic carbocycles. The summed E-state index contributed by atoms with van der Waals surface area (Å²) < 4.78 is 0. The topological polar surface area (TPSA) is 67.5 Å². The van der Waals surface area contributed by atoms with Crippen LogP contribution in [-0.2, 0) is 11.2 Å². The van der Waals surface area contributed by atoms with Gasteiger partial charge >= 0.3 is 0 Å². The van der Waals surface area contributed by atoms with E-state index in [1.165, 1.54) is 5.56 Å². The van der Waals surface area contributed by atoms with E-state index in [1.54, 1.807) is 6.21 Å². The number of nitrogens with two attached hydrogens (primary N) is 1. The first kappa shape index (κ1) is 11.2. The monoisotopic (exact) mass is 241 g/mol. The molecule has 3 rings (SSSR count). The number of hydrogen-bond donors (Lipinski definition) is 2. The highest BCUT2D eigenvalue weighted by Gasteiger charge is 2.36. The third kappa shape index (κ3) is 1.84. The third-order valence-electron chi connectivity index (χ3n) is 3.47. The van der Waals surface area contributed by atoms with E-state index in [4.69, 9.17) is 5.73 Å². The molecule has 1 aromatic carbocycles. The lowest BCUT2D eigenvalue weighted by molar-refractivity contribution is -0.114. The summed E-state index contributed by atoms with van der Waals surface area (Å²) >= 11 is 0. The summed E-state index contributed by atoms with van der Waals surface area (Å²) in [5.74, 6) is 0.135. The summed E-state index contributed by atoms with van der Waals surface area (Å²) in [7, 11) is 0. The fourth-order valence-electron chi connectivity index (χ4n) is 2.60. The molecule has 0 aromatic heterocycles. The molecule has 2 unspecified atom stereocenters. The molecule has 2 aliphatic heterocycles. The lowest BCUT2D eigenvalue weighted by atomic mass is 9.88. The zero-order chi connectivity index (χ0) is 12.5. The van der Waals surface area contributed by atoms with Crippen LogP contribution < -0.4 is 11.1 Å². The highest BCUT2D eigenvalue weighted by molar-refractivity contribution is 6.06. The Morgan fingerprint density at radius 2 is 2.11 bits per heavy atom. The van der Waals surface area contributed by atoms with Crippen LogP contribution in [0.25, 0.3) is 0 Å². The van der Waals surface area contributed by atoms with Gasteiger partial charge in [0.25, 0.3) is 0 Å². The van der Waals surface area contributed by atoms with Crippen molar-refractivity contribution >= 4 is 12.0 Å². The second kappa shape index (κ2) is 4.38. The summed E-state index contributed by atoms with van der Waals surface area (Å²) in [6.07, 6.45) is 2.30. The maximum atomic E-state index is 12.0. The van der Waals surface area contributed by atoms with Gasteiger partial charge in [-0.15, -0.1) is 0 Å². The lowest BCUT2D eigenvalue weighted by Gasteiger charge is -2.18. The lowest BCUT2D eigenvalue weighted by Crippen LogP contribution is -2.39. The van der Waals surface area contributed by atoms with Crippen LogP contribution in [0.5, 0.6) is 0 Å². The van der Waals surface area contributed by atoms with Gasteiger partial charge in [-0.25, -0.2) is 0 Å². The quantitative estimate of drug-likeness (QED) is 0.798. The summed E-state index contributed by atoms with van der Waals surface area (Å²) in [4.78, 5) is 16.0. The molecule has 0 bridgehead atoms. The number of Topliss-reactive ketones (excluding diaryl/α,β-unsaturated/α-hetero) is 1. The number of dihydropyridines is 1. The number of carbonyl (C=O) groups is 1. The van der Waals surface area contributed by atoms with Crippen LogP contribution >= 0.6 is 0 Å². The van der Waals surface area contributed by atoms with Crippen LogP contribution in [0.2, 0.25) is 0 Å². The second-order valence-corrected chi connectivity index (χ2v) is 4.69. The summed E-state index contributed by atoms with van der Waals surface area (Å²) in [5, 5.41) is 3.14. The minimum absolute atomic E-state index is 0.0432. The number of nitrogens with one attached hydrogen (secondary N) is 1. The van der Waals surface area contributed by atoms with Gasteiger partial charge < -0.3 is 11.1 Å². The molecule has 4 nitrogen and oxygen atoms in total. The number of rotatable bonds is 2. The fourth-order valence-corrected chi connectivity index (χ4v) is 2.60. The first-order valence-electron chi connectivity index (χ1n) is 6.09. The number of benzene rings is 1. The van der Waals surface area contributed by atoms with Crippen molar-refractivity contribution in [2.24, 2.45) is 16.6 Å². The van der Waals surface area contributed by atoms with Crippen molar-refractivity contribution in [2.45, 2.75) is 12.6 Å². The van der Waals surface area contributed by atoms with Crippen molar-refractivity contribution in [3.05, 3.63) is 47.2 Å². The van der Waals surface area contributed by atoms with Gasteiger partial charge in [0.1, 0.15) is 6.54 Å². The number of allylic oxidation sites excluding steroid dienone is 1. The summed E-state index contributed by atoms with van der Waals surface area (Å²) in [6, 6.07) is 10.1. The average Bonchev–Trinajstić information content (AvgIpc) is 2.69. The summed E-state index contributed by atoms with van der Waals surface area (Å²) in [5.41, 5.74) is 8.91. The van der Waals surface area contributed by atoms with Gasteiger partial charge in [0.2, 0.25) is 0 Å². The summed E-state index contributed by atoms with van der Waals surface area (Å²) in [6.45, 7) is 0.249. The number of aliphatic imine (C=N–C) groups is 1. The Hall–Kier alpha value is -1.94. The molecule has 92 valence electrons. The van der Waals surface area contributed by atoms with Gasteiger partial charge in [0, 0.05) is 17.7 Å². The van der Waals surface area contributed by atoms with E-state index in [1.807, 2.05) is 18.2 Å². The Morgan fingerprint density at radius 3 is 2.89 bits per heavy atom. The predicted octanol–water partition coefficient (Wildman–Crippen LogP) is 0.641. The van der Waals surface area contributed by atoms with Crippen molar-refractivity contribution in [1.29, 1.82) is 0 Å². The Kier molecular flexibility index (Phi) is 2.72. The highest BCUT2D eigenvalue weighted by atomic mass is 16.1. The molecule has 0 spiro atoms. The minimum Gasteiger partial charge on any atom is -0.368 e. The Bertz CT molecular complexity index is 533. The molecular formula is C14H15N3O. The Labute approximate surface area is 106 Å². The van der Waals surface area contributed by atoms with Crippen LogP contribution in [0, 0.1) is 5.92 Å². The number of carbonyl (C=O) groups excluding carboxylic acids is 1. The van der Waals surface area contributed by atoms with Gasteiger partial charge in [0.15, 0.2) is 5.78 Å². The van der Waals surface area contributed by atoms with E-state index in [-0.39, 0.29) is 24.4 Å². The molecule has 0 saturated heterocycles. The Morgan fingerprint density at radius 1 is 1.33 bits per heavy atom. The molecular weight excluding hydrogens is 226 g/mol. The zero-order valence-corrected chi connectivity index (χ0v) is 9.97. The molecule has 0 saturated carbocycles. The van der Waals surface area contributed by atoms with Crippen molar-refractivity contribution < 1.29 is 4.79 Å². The third-order valence-corrected chi connectivity index (χ3v) is 3.47.